The van der Waals surface area contributed by atoms with Crippen molar-refractivity contribution in [2.75, 3.05) is 4.90 Å². The van der Waals surface area contributed by atoms with Gasteiger partial charge < -0.3 is 0 Å². The molecule has 3 heterocycles. The monoisotopic (exact) mass is 570 g/mol. The van der Waals surface area contributed by atoms with Crippen molar-refractivity contribution in [3.05, 3.63) is 103 Å². The topological polar surface area (TPSA) is 57.7 Å². The lowest BCUT2D eigenvalue weighted by Gasteiger charge is -2.45. The number of carbonyl (C=O) groups excluding carboxylic acids is 3. The van der Waals surface area contributed by atoms with Crippen LogP contribution in [0, 0.1) is 17.7 Å². The SMILES string of the molecule is Cc1cc2c(cc1C)N(C(=O)[C@H](Cc1ccccc1)N1C(=O)c3ccccc3C1=O)C(C)(C)c1ssc(=S)c1-2. The summed E-state index contributed by atoms with van der Waals surface area (Å²) < 4.78 is 0.806. The number of amides is 3. The van der Waals surface area contributed by atoms with Gasteiger partial charge in [0.05, 0.1) is 27.2 Å². The van der Waals surface area contributed by atoms with E-state index in [1.807, 2.05) is 57.2 Å². The van der Waals surface area contributed by atoms with Crippen molar-refractivity contribution < 1.29 is 14.4 Å². The minimum absolute atomic E-state index is 0.212. The number of hydrogen-bond acceptors (Lipinski definition) is 6. The summed E-state index contributed by atoms with van der Waals surface area (Å²) in [5, 5.41) is 0. The van der Waals surface area contributed by atoms with Gasteiger partial charge >= 0.3 is 0 Å². The highest BCUT2D eigenvalue weighted by Crippen LogP contribution is 2.53. The minimum Gasteiger partial charge on any atom is -0.299 e. The lowest BCUT2D eigenvalue weighted by atomic mass is 9.85. The van der Waals surface area contributed by atoms with E-state index < -0.39 is 23.4 Å². The molecule has 1 aromatic heterocycles. The number of hydrogen-bond donors (Lipinski definition) is 0. The smallest absolute Gasteiger partial charge is 0.262 e. The molecule has 196 valence electrons. The van der Waals surface area contributed by atoms with E-state index in [1.165, 1.54) is 15.2 Å². The van der Waals surface area contributed by atoms with Crippen LogP contribution in [0.4, 0.5) is 5.69 Å². The molecule has 0 N–H and O–H groups in total. The van der Waals surface area contributed by atoms with Crippen LogP contribution in [0.5, 0.6) is 0 Å². The average molecular weight is 571 g/mol. The first-order valence-corrected chi connectivity index (χ1v) is 15.3. The van der Waals surface area contributed by atoms with E-state index in [9.17, 15) is 14.4 Å². The Balaban J connectivity index is 1.54. The first kappa shape index (κ1) is 25.8. The van der Waals surface area contributed by atoms with Gasteiger partial charge in [0.25, 0.3) is 17.7 Å². The normalized spacial score (nSPS) is 16.1. The largest absolute Gasteiger partial charge is 0.299 e. The molecule has 0 saturated carbocycles. The molecule has 0 unspecified atom stereocenters. The van der Waals surface area contributed by atoms with E-state index >= 15 is 0 Å². The standard InChI is InChI=1S/C31H26N2O3S3/c1-17-14-22-23(15-18(17)2)33(31(3,4)26-25(22)30(37)39-38-26)29(36)24(16-19-10-6-5-7-11-19)32-27(34)20-12-8-9-13-21(20)28(32)35/h5-15,24H,16H2,1-4H3/t24-/m0/s1. The van der Waals surface area contributed by atoms with Gasteiger partial charge in [-0.05, 0) is 68.7 Å². The quantitative estimate of drug-likeness (QED) is 0.147. The number of nitrogens with zero attached hydrogens (tertiary/aromatic N) is 2. The van der Waals surface area contributed by atoms with Crippen LogP contribution in [-0.4, -0.2) is 28.7 Å². The summed E-state index contributed by atoms with van der Waals surface area (Å²) >= 11 is 5.76. The molecule has 3 aromatic carbocycles. The molecule has 0 fully saturated rings. The number of imide groups is 1. The summed E-state index contributed by atoms with van der Waals surface area (Å²) in [6, 6.07) is 19.4. The zero-order chi connectivity index (χ0) is 27.6. The van der Waals surface area contributed by atoms with Crippen molar-refractivity contribution in [3.63, 3.8) is 0 Å². The van der Waals surface area contributed by atoms with Crippen molar-refractivity contribution in [2.24, 2.45) is 0 Å². The van der Waals surface area contributed by atoms with E-state index in [2.05, 4.69) is 13.0 Å². The van der Waals surface area contributed by atoms with E-state index in [0.29, 0.717) is 11.1 Å². The summed E-state index contributed by atoms with van der Waals surface area (Å²) in [6.45, 7) is 8.11. The van der Waals surface area contributed by atoms with Crippen LogP contribution in [0.1, 0.15) is 56.1 Å². The molecular weight excluding hydrogens is 545 g/mol. The maximum absolute atomic E-state index is 14.9. The number of rotatable bonds is 4. The number of benzene rings is 3. The van der Waals surface area contributed by atoms with Crippen LogP contribution in [0.2, 0.25) is 0 Å². The van der Waals surface area contributed by atoms with Crippen molar-refractivity contribution >= 4 is 56.3 Å². The summed E-state index contributed by atoms with van der Waals surface area (Å²) in [7, 11) is 3.13. The van der Waals surface area contributed by atoms with E-state index in [0.717, 1.165) is 42.2 Å². The Hall–Kier alpha value is -3.46. The molecular formula is C31H26N2O3S3. The maximum atomic E-state index is 14.9. The number of anilines is 1. The zero-order valence-electron chi connectivity index (χ0n) is 22.0. The first-order valence-electron chi connectivity index (χ1n) is 12.7. The fraction of sp³-hybridized carbons (Fsp3) is 0.226. The Morgan fingerprint density at radius 2 is 1.46 bits per heavy atom. The Bertz CT molecular complexity index is 1700. The van der Waals surface area contributed by atoms with Crippen molar-refractivity contribution in [2.45, 2.75) is 45.7 Å². The maximum Gasteiger partial charge on any atom is 0.262 e. The highest BCUT2D eigenvalue weighted by molar-refractivity contribution is 7.80. The van der Waals surface area contributed by atoms with Crippen LogP contribution in [0.3, 0.4) is 0 Å². The van der Waals surface area contributed by atoms with Gasteiger partial charge in [-0.25, -0.2) is 0 Å². The summed E-state index contributed by atoms with van der Waals surface area (Å²) in [6.07, 6.45) is 0.212. The minimum atomic E-state index is -1.03. The molecule has 0 saturated heterocycles. The molecule has 5 nitrogen and oxygen atoms in total. The third kappa shape index (κ3) is 3.92. The van der Waals surface area contributed by atoms with Crippen LogP contribution in [-0.2, 0) is 16.8 Å². The fourth-order valence-corrected chi connectivity index (χ4v) is 8.93. The second-order valence-electron chi connectivity index (χ2n) is 10.6. The van der Waals surface area contributed by atoms with Gasteiger partial charge in [0.15, 0.2) is 0 Å². The molecule has 1 atom stereocenters. The molecule has 0 radical (unpaired) electrons. The first-order chi connectivity index (χ1) is 18.6. The predicted molar refractivity (Wildman–Crippen MR) is 159 cm³/mol. The highest BCUT2D eigenvalue weighted by atomic mass is 32.9. The van der Waals surface area contributed by atoms with Gasteiger partial charge in [-0.1, -0.05) is 75.4 Å². The van der Waals surface area contributed by atoms with Gasteiger partial charge in [-0.3, -0.25) is 24.2 Å². The molecule has 2 aliphatic rings. The Morgan fingerprint density at radius 3 is 2.10 bits per heavy atom. The number of carbonyl (C=O) groups is 3. The third-order valence-corrected chi connectivity index (χ3v) is 11.1. The van der Waals surface area contributed by atoms with Crippen molar-refractivity contribution in [1.29, 1.82) is 0 Å². The van der Waals surface area contributed by atoms with E-state index in [-0.39, 0.29) is 12.3 Å². The van der Waals surface area contributed by atoms with E-state index in [1.54, 1.807) is 39.5 Å². The van der Waals surface area contributed by atoms with Gasteiger partial charge in [0, 0.05) is 17.5 Å². The van der Waals surface area contributed by atoms with Crippen molar-refractivity contribution in [1.82, 2.24) is 4.90 Å². The summed E-state index contributed by atoms with van der Waals surface area (Å²) in [5.41, 5.74) is 5.63. The molecule has 3 amide bonds. The fourth-order valence-electron chi connectivity index (χ4n) is 5.65. The molecule has 2 aliphatic heterocycles. The van der Waals surface area contributed by atoms with Gasteiger partial charge in [0.1, 0.15) is 9.87 Å². The Labute approximate surface area is 239 Å². The van der Waals surface area contributed by atoms with Gasteiger partial charge in [-0.15, -0.1) is 0 Å². The van der Waals surface area contributed by atoms with E-state index in [4.69, 9.17) is 12.2 Å². The second-order valence-corrected chi connectivity index (χ2v) is 13.4. The molecule has 0 spiro atoms. The molecule has 6 rings (SSSR count). The molecule has 0 bridgehead atoms. The average Bonchev–Trinajstić information content (AvgIpc) is 3.43. The van der Waals surface area contributed by atoms with Crippen LogP contribution < -0.4 is 4.90 Å². The number of fused-ring (bicyclic) bond motifs is 4. The molecule has 39 heavy (non-hydrogen) atoms. The summed E-state index contributed by atoms with van der Waals surface area (Å²) in [5.74, 6) is -1.17. The lowest BCUT2D eigenvalue weighted by molar-refractivity contribution is -0.123. The van der Waals surface area contributed by atoms with Crippen LogP contribution in [0.15, 0.2) is 66.7 Å². The molecule has 4 aromatic rings. The highest BCUT2D eigenvalue weighted by Gasteiger charge is 2.49. The second kappa shape index (κ2) is 9.33. The molecule has 8 heteroatoms. The Morgan fingerprint density at radius 1 is 0.872 bits per heavy atom. The van der Waals surface area contributed by atoms with Crippen LogP contribution in [0.25, 0.3) is 11.1 Å². The zero-order valence-corrected chi connectivity index (χ0v) is 24.4. The number of aryl methyl sites for hydroxylation is 2. The van der Waals surface area contributed by atoms with Crippen molar-refractivity contribution in [3.8, 4) is 11.1 Å². The molecule has 0 aliphatic carbocycles. The summed E-state index contributed by atoms with van der Waals surface area (Å²) in [4.78, 5) is 46.2. The Kier molecular flexibility index (Phi) is 6.17. The third-order valence-electron chi connectivity index (χ3n) is 7.78. The lowest BCUT2D eigenvalue weighted by Crippen LogP contribution is -2.57. The van der Waals surface area contributed by atoms with Gasteiger partial charge in [0.2, 0.25) is 0 Å². The van der Waals surface area contributed by atoms with Gasteiger partial charge in [-0.2, -0.15) is 0 Å². The predicted octanol–water partition coefficient (Wildman–Crippen LogP) is 7.31. The van der Waals surface area contributed by atoms with Crippen LogP contribution >= 0.6 is 32.9 Å².